The molecule has 0 unspecified atom stereocenters. The number of nitrogens with one attached hydrogen (secondary N) is 1. The molecule has 2 aromatic carbocycles. The average molecular weight is 349 g/mol. The van der Waals surface area contributed by atoms with E-state index >= 15 is 0 Å². The predicted octanol–water partition coefficient (Wildman–Crippen LogP) is 3.30. The zero-order valence-electron chi connectivity index (χ0n) is 11.2. The van der Waals surface area contributed by atoms with E-state index < -0.39 is 11.9 Å². The molecule has 5 nitrogen and oxygen atoms in total. The Kier molecular flexibility index (Phi) is 4.28. The molecule has 0 aliphatic carbocycles. The van der Waals surface area contributed by atoms with Gasteiger partial charge in [-0.1, -0.05) is 15.9 Å². The molecule has 0 aliphatic heterocycles. The number of benzene rings is 2. The van der Waals surface area contributed by atoms with Gasteiger partial charge in [-0.05, 0) is 48.9 Å². The number of amides is 1. The quantitative estimate of drug-likeness (QED) is 0.790. The van der Waals surface area contributed by atoms with Crippen LogP contribution in [0.5, 0.6) is 0 Å². The molecule has 0 spiro atoms. The van der Waals surface area contributed by atoms with Crippen LogP contribution in [0.25, 0.3) is 0 Å². The molecular formula is C15H13BrN2O3. The fourth-order valence-electron chi connectivity index (χ4n) is 1.97. The first-order chi connectivity index (χ1) is 9.88. The second kappa shape index (κ2) is 5.97. The summed E-state index contributed by atoms with van der Waals surface area (Å²) >= 11 is 3.33. The van der Waals surface area contributed by atoms with Gasteiger partial charge >= 0.3 is 5.97 Å². The summed E-state index contributed by atoms with van der Waals surface area (Å²) in [5.41, 5.74) is 7.80. The van der Waals surface area contributed by atoms with Crippen LogP contribution in [0.15, 0.2) is 40.9 Å². The average Bonchev–Trinajstić information content (AvgIpc) is 2.37. The Morgan fingerprint density at radius 3 is 2.38 bits per heavy atom. The van der Waals surface area contributed by atoms with Crippen LogP contribution in [-0.4, -0.2) is 17.0 Å². The number of carbonyl (C=O) groups is 2. The molecule has 108 valence electrons. The predicted molar refractivity (Wildman–Crippen MR) is 84.1 cm³/mol. The Balaban J connectivity index is 2.38. The van der Waals surface area contributed by atoms with Gasteiger partial charge in [-0.15, -0.1) is 0 Å². The molecule has 0 saturated heterocycles. The Hall–Kier alpha value is -2.34. The number of primary amides is 1. The summed E-state index contributed by atoms with van der Waals surface area (Å²) in [6, 6.07) is 9.94. The zero-order chi connectivity index (χ0) is 15.6. The molecule has 0 aliphatic rings. The number of nitrogens with two attached hydrogens (primary N) is 1. The number of hydrogen-bond donors (Lipinski definition) is 3. The maximum atomic E-state index is 11.4. The molecule has 6 heteroatoms. The van der Waals surface area contributed by atoms with E-state index in [1.165, 1.54) is 6.07 Å². The van der Waals surface area contributed by atoms with Crippen molar-refractivity contribution in [2.24, 2.45) is 5.73 Å². The van der Waals surface area contributed by atoms with Gasteiger partial charge in [-0.3, -0.25) is 4.79 Å². The second-order valence-electron chi connectivity index (χ2n) is 4.51. The monoisotopic (exact) mass is 348 g/mol. The molecule has 0 bridgehead atoms. The van der Waals surface area contributed by atoms with Gasteiger partial charge in [0.05, 0.1) is 16.8 Å². The summed E-state index contributed by atoms with van der Waals surface area (Å²) in [5.74, 6) is -1.51. The van der Waals surface area contributed by atoms with Gasteiger partial charge in [-0.2, -0.15) is 0 Å². The van der Waals surface area contributed by atoms with E-state index in [0.29, 0.717) is 22.5 Å². The lowest BCUT2D eigenvalue weighted by Gasteiger charge is -2.12. The lowest BCUT2D eigenvalue weighted by Crippen LogP contribution is -2.13. The van der Waals surface area contributed by atoms with Gasteiger partial charge in [0.1, 0.15) is 0 Å². The van der Waals surface area contributed by atoms with Crippen molar-refractivity contribution in [3.63, 3.8) is 0 Å². The standard InChI is InChI=1S/C15H13BrN2O3/c1-8-6-10(3-5-11(8)15(20)21)18-13-7-9(16)2-4-12(13)14(17)19/h2-7,18H,1H3,(H2,17,19)(H,20,21). The number of rotatable bonds is 4. The molecule has 4 N–H and O–H groups in total. The minimum atomic E-state index is -0.973. The molecule has 21 heavy (non-hydrogen) atoms. The molecule has 0 radical (unpaired) electrons. The summed E-state index contributed by atoms with van der Waals surface area (Å²) in [5, 5.41) is 12.1. The summed E-state index contributed by atoms with van der Waals surface area (Å²) < 4.78 is 0.800. The van der Waals surface area contributed by atoms with Gasteiger partial charge in [0.2, 0.25) is 0 Å². The van der Waals surface area contributed by atoms with E-state index in [2.05, 4.69) is 21.2 Å². The number of carboxylic acids is 1. The molecule has 0 aromatic heterocycles. The maximum absolute atomic E-state index is 11.4. The minimum absolute atomic E-state index is 0.241. The smallest absolute Gasteiger partial charge is 0.335 e. The zero-order valence-corrected chi connectivity index (χ0v) is 12.8. The van der Waals surface area contributed by atoms with Crippen LogP contribution < -0.4 is 11.1 Å². The van der Waals surface area contributed by atoms with E-state index in [1.54, 1.807) is 37.3 Å². The van der Waals surface area contributed by atoms with E-state index in [4.69, 9.17) is 10.8 Å². The Morgan fingerprint density at radius 1 is 1.14 bits per heavy atom. The van der Waals surface area contributed by atoms with Crippen LogP contribution in [0.4, 0.5) is 11.4 Å². The molecule has 2 rings (SSSR count). The fourth-order valence-corrected chi connectivity index (χ4v) is 2.33. The lowest BCUT2D eigenvalue weighted by molar-refractivity contribution is 0.0696. The molecule has 0 fully saturated rings. The summed E-state index contributed by atoms with van der Waals surface area (Å²) in [6.07, 6.45) is 0. The molecular weight excluding hydrogens is 336 g/mol. The highest BCUT2D eigenvalue weighted by Gasteiger charge is 2.11. The number of anilines is 2. The molecule has 2 aromatic rings. The molecule has 0 atom stereocenters. The topological polar surface area (TPSA) is 92.4 Å². The normalized spacial score (nSPS) is 10.2. The summed E-state index contributed by atoms with van der Waals surface area (Å²) in [7, 11) is 0. The third kappa shape index (κ3) is 3.41. The van der Waals surface area contributed by atoms with E-state index in [9.17, 15) is 9.59 Å². The summed E-state index contributed by atoms with van der Waals surface area (Å²) in [6.45, 7) is 1.71. The SMILES string of the molecule is Cc1cc(Nc2cc(Br)ccc2C(N)=O)ccc1C(=O)O. The molecule has 0 saturated carbocycles. The first-order valence-electron chi connectivity index (χ1n) is 6.09. The Morgan fingerprint density at radius 2 is 1.81 bits per heavy atom. The largest absolute Gasteiger partial charge is 0.478 e. The highest BCUT2D eigenvalue weighted by atomic mass is 79.9. The van der Waals surface area contributed by atoms with Crippen molar-refractivity contribution in [3.8, 4) is 0 Å². The number of halogens is 1. The van der Waals surface area contributed by atoms with Crippen LogP contribution in [0.3, 0.4) is 0 Å². The van der Waals surface area contributed by atoms with Crippen molar-refractivity contribution in [1.82, 2.24) is 0 Å². The number of carbonyl (C=O) groups excluding carboxylic acids is 1. The van der Waals surface area contributed by atoms with Gasteiger partial charge in [0.25, 0.3) is 5.91 Å². The van der Waals surface area contributed by atoms with Gasteiger partial charge in [-0.25, -0.2) is 4.79 Å². The number of aryl methyl sites for hydroxylation is 1. The van der Waals surface area contributed by atoms with Crippen molar-refractivity contribution in [2.45, 2.75) is 6.92 Å². The second-order valence-corrected chi connectivity index (χ2v) is 5.43. The molecule has 0 heterocycles. The minimum Gasteiger partial charge on any atom is -0.478 e. The third-order valence-electron chi connectivity index (χ3n) is 2.98. The van der Waals surface area contributed by atoms with Crippen LogP contribution in [0.1, 0.15) is 26.3 Å². The Labute approximate surface area is 129 Å². The van der Waals surface area contributed by atoms with Crippen molar-refractivity contribution in [3.05, 3.63) is 57.6 Å². The van der Waals surface area contributed by atoms with Gasteiger partial charge in [0.15, 0.2) is 0 Å². The number of hydrogen-bond acceptors (Lipinski definition) is 3. The molecule has 1 amide bonds. The Bertz CT molecular complexity index is 729. The van der Waals surface area contributed by atoms with Crippen molar-refractivity contribution < 1.29 is 14.7 Å². The van der Waals surface area contributed by atoms with Crippen LogP contribution in [0.2, 0.25) is 0 Å². The lowest BCUT2D eigenvalue weighted by atomic mass is 10.1. The summed E-state index contributed by atoms with van der Waals surface area (Å²) in [4.78, 5) is 22.4. The van der Waals surface area contributed by atoms with E-state index in [0.717, 1.165) is 4.47 Å². The fraction of sp³-hybridized carbons (Fsp3) is 0.0667. The van der Waals surface area contributed by atoms with E-state index in [1.807, 2.05) is 0 Å². The maximum Gasteiger partial charge on any atom is 0.335 e. The number of aromatic carboxylic acids is 1. The van der Waals surface area contributed by atoms with Gasteiger partial charge < -0.3 is 16.2 Å². The van der Waals surface area contributed by atoms with Gasteiger partial charge in [0, 0.05) is 10.2 Å². The first kappa shape index (κ1) is 15.1. The van der Waals surface area contributed by atoms with Crippen LogP contribution in [-0.2, 0) is 0 Å². The van der Waals surface area contributed by atoms with Crippen LogP contribution >= 0.6 is 15.9 Å². The first-order valence-corrected chi connectivity index (χ1v) is 6.88. The van der Waals surface area contributed by atoms with Crippen molar-refractivity contribution in [1.29, 1.82) is 0 Å². The third-order valence-corrected chi connectivity index (χ3v) is 3.48. The number of carboxylic acid groups (broad SMARTS) is 1. The van der Waals surface area contributed by atoms with Crippen molar-refractivity contribution in [2.75, 3.05) is 5.32 Å². The van der Waals surface area contributed by atoms with Crippen molar-refractivity contribution >= 4 is 39.2 Å². The van der Waals surface area contributed by atoms with E-state index in [-0.39, 0.29) is 5.56 Å². The van der Waals surface area contributed by atoms with Crippen LogP contribution in [0, 0.1) is 6.92 Å². The highest BCUT2D eigenvalue weighted by Crippen LogP contribution is 2.26. The highest BCUT2D eigenvalue weighted by molar-refractivity contribution is 9.10.